The number of ether oxygens (including phenoxy) is 1. The summed E-state index contributed by atoms with van der Waals surface area (Å²) in [5, 5.41) is 3.13. The van der Waals surface area contributed by atoms with Gasteiger partial charge in [-0.2, -0.15) is 0 Å². The summed E-state index contributed by atoms with van der Waals surface area (Å²) in [7, 11) is 0. The van der Waals surface area contributed by atoms with Gasteiger partial charge in [-0.3, -0.25) is 20.4 Å². The molecule has 0 aliphatic carbocycles. The minimum Gasteiger partial charge on any atom is -0.488 e. The van der Waals surface area contributed by atoms with Crippen LogP contribution in [0.3, 0.4) is 0 Å². The monoisotopic (exact) mass is 467 g/mol. The molecule has 32 heavy (non-hydrogen) atoms. The number of carbonyl (C=O) groups excluding carboxylic acids is 2. The summed E-state index contributed by atoms with van der Waals surface area (Å²) in [6.45, 7) is 0.332. The van der Waals surface area contributed by atoms with Crippen LogP contribution < -0.4 is 20.9 Å². The number of carbonyl (C=O) groups is 2. The summed E-state index contributed by atoms with van der Waals surface area (Å²) in [6, 6.07) is 23.9. The van der Waals surface area contributed by atoms with Gasteiger partial charge in [0, 0.05) is 11.4 Å². The molecule has 0 fully saturated rings. The maximum absolute atomic E-state index is 12.6. The average Bonchev–Trinajstić information content (AvgIpc) is 2.81. The third kappa shape index (κ3) is 7.08. The first-order valence-electron chi connectivity index (χ1n) is 9.92. The van der Waals surface area contributed by atoms with Crippen LogP contribution in [0.5, 0.6) is 5.75 Å². The van der Waals surface area contributed by atoms with Gasteiger partial charge in [-0.15, -0.1) is 0 Å². The van der Waals surface area contributed by atoms with Gasteiger partial charge in [0.2, 0.25) is 5.91 Å². The number of hydrogen-bond acceptors (Lipinski definition) is 4. The van der Waals surface area contributed by atoms with Crippen LogP contribution in [-0.4, -0.2) is 16.9 Å². The summed E-state index contributed by atoms with van der Waals surface area (Å²) in [5.41, 5.74) is 7.22. The maximum Gasteiger partial charge on any atom is 0.273 e. The quantitative estimate of drug-likeness (QED) is 0.358. The van der Waals surface area contributed by atoms with E-state index in [2.05, 4.69) is 16.2 Å². The summed E-state index contributed by atoms with van der Waals surface area (Å²) in [5.74, 6) is -0.296. The Morgan fingerprint density at radius 2 is 1.56 bits per heavy atom. The Labute approximate surface area is 196 Å². The summed E-state index contributed by atoms with van der Waals surface area (Å²) in [4.78, 5) is 24.7. The van der Waals surface area contributed by atoms with E-state index < -0.39 is 5.91 Å². The number of para-hydroxylation sites is 1. The minimum absolute atomic E-state index is 0.00908. The molecule has 0 bridgehead atoms. The van der Waals surface area contributed by atoms with Crippen LogP contribution in [0, 0.1) is 0 Å². The topological polar surface area (TPSA) is 79.5 Å². The lowest BCUT2D eigenvalue weighted by Crippen LogP contribution is -2.48. The van der Waals surface area contributed by atoms with E-state index in [1.807, 2.05) is 48.5 Å². The fraction of sp³-hybridized carbons (Fsp3) is 0.125. The Balaban J connectivity index is 1.47. The Kier molecular flexibility index (Phi) is 8.60. The van der Waals surface area contributed by atoms with Crippen molar-refractivity contribution in [3.8, 4) is 5.75 Å². The highest BCUT2D eigenvalue weighted by Gasteiger charge is 2.13. The summed E-state index contributed by atoms with van der Waals surface area (Å²) < 4.78 is 5.80. The highest BCUT2D eigenvalue weighted by molar-refractivity contribution is 7.80. The van der Waals surface area contributed by atoms with Crippen molar-refractivity contribution in [1.29, 1.82) is 0 Å². The molecule has 0 aromatic heterocycles. The first kappa shape index (κ1) is 23.2. The van der Waals surface area contributed by atoms with Crippen LogP contribution in [0.2, 0.25) is 5.02 Å². The molecule has 0 radical (unpaired) electrons. The standard InChI is InChI=1S/C24H22ClN3O3S/c25-20-12-6-4-10-18(20)14-15-22(29)26-24(32)28-27-23(30)19-11-5-7-13-21(19)31-16-17-8-2-1-3-9-17/h1-13H,14-16H2,(H,27,30)(H2,26,28,29,32). The number of aryl methyl sites for hydroxylation is 1. The zero-order chi connectivity index (χ0) is 22.8. The van der Waals surface area contributed by atoms with E-state index in [1.54, 1.807) is 30.3 Å². The molecular weight excluding hydrogens is 446 g/mol. The van der Waals surface area contributed by atoms with Crippen LogP contribution in [0.25, 0.3) is 0 Å². The minimum atomic E-state index is -0.443. The normalized spacial score (nSPS) is 10.2. The highest BCUT2D eigenvalue weighted by Crippen LogP contribution is 2.19. The zero-order valence-corrected chi connectivity index (χ0v) is 18.7. The second kappa shape index (κ2) is 11.8. The smallest absolute Gasteiger partial charge is 0.273 e. The predicted octanol–water partition coefficient (Wildman–Crippen LogP) is 4.19. The molecule has 0 saturated heterocycles. The van der Waals surface area contributed by atoms with E-state index in [0.29, 0.717) is 29.4 Å². The second-order valence-corrected chi connectivity index (χ2v) is 7.63. The lowest BCUT2D eigenvalue weighted by atomic mass is 10.1. The van der Waals surface area contributed by atoms with Gasteiger partial charge in [0.1, 0.15) is 12.4 Å². The Bertz CT molecular complexity index is 1090. The Morgan fingerprint density at radius 3 is 2.34 bits per heavy atom. The molecule has 3 aromatic carbocycles. The van der Waals surface area contributed by atoms with Crippen molar-refractivity contribution in [2.45, 2.75) is 19.4 Å². The molecule has 3 aromatic rings. The molecule has 164 valence electrons. The third-order valence-electron chi connectivity index (χ3n) is 4.49. The molecule has 0 spiro atoms. The van der Waals surface area contributed by atoms with E-state index in [4.69, 9.17) is 28.6 Å². The number of halogens is 1. The van der Waals surface area contributed by atoms with Gasteiger partial charge >= 0.3 is 0 Å². The summed E-state index contributed by atoms with van der Waals surface area (Å²) >= 11 is 11.2. The molecule has 3 N–H and O–H groups in total. The number of nitrogens with one attached hydrogen (secondary N) is 3. The van der Waals surface area contributed by atoms with Crippen LogP contribution >= 0.6 is 23.8 Å². The highest BCUT2D eigenvalue weighted by atomic mass is 35.5. The first-order chi connectivity index (χ1) is 15.5. The zero-order valence-electron chi connectivity index (χ0n) is 17.1. The van der Waals surface area contributed by atoms with Gasteiger partial charge in [-0.25, -0.2) is 0 Å². The van der Waals surface area contributed by atoms with Crippen molar-refractivity contribution >= 4 is 40.7 Å². The van der Waals surface area contributed by atoms with Crippen molar-refractivity contribution < 1.29 is 14.3 Å². The number of hydrazine groups is 1. The van der Waals surface area contributed by atoms with Gasteiger partial charge < -0.3 is 10.1 Å². The van der Waals surface area contributed by atoms with E-state index in [1.165, 1.54) is 0 Å². The van der Waals surface area contributed by atoms with Gasteiger partial charge in [-0.05, 0) is 48.0 Å². The first-order valence-corrected chi connectivity index (χ1v) is 10.7. The van der Waals surface area contributed by atoms with Crippen LogP contribution in [0.4, 0.5) is 0 Å². The molecule has 0 aliphatic rings. The molecule has 3 rings (SSSR count). The molecule has 0 heterocycles. The maximum atomic E-state index is 12.6. The number of amides is 2. The Hall–Kier alpha value is -3.42. The summed E-state index contributed by atoms with van der Waals surface area (Å²) in [6.07, 6.45) is 0.683. The molecular formula is C24H22ClN3O3S. The van der Waals surface area contributed by atoms with Crippen LogP contribution in [0.1, 0.15) is 27.9 Å². The lowest BCUT2D eigenvalue weighted by molar-refractivity contribution is -0.119. The second-order valence-electron chi connectivity index (χ2n) is 6.82. The molecule has 0 atom stereocenters. The van der Waals surface area contributed by atoms with Gasteiger partial charge in [0.15, 0.2) is 5.11 Å². The van der Waals surface area contributed by atoms with Gasteiger partial charge in [-0.1, -0.05) is 72.3 Å². The Morgan fingerprint density at radius 1 is 0.875 bits per heavy atom. The van der Waals surface area contributed by atoms with Gasteiger partial charge in [0.05, 0.1) is 5.56 Å². The largest absolute Gasteiger partial charge is 0.488 e. The van der Waals surface area contributed by atoms with E-state index in [0.717, 1.165) is 11.1 Å². The SMILES string of the molecule is O=C(CCc1ccccc1Cl)NC(=S)NNC(=O)c1ccccc1OCc1ccccc1. The van der Waals surface area contributed by atoms with E-state index in [-0.39, 0.29) is 17.4 Å². The van der Waals surface area contributed by atoms with E-state index in [9.17, 15) is 9.59 Å². The number of thiocarbonyl (C=S) groups is 1. The fourth-order valence-corrected chi connectivity index (χ4v) is 3.26. The van der Waals surface area contributed by atoms with Crippen molar-refractivity contribution in [3.05, 3.63) is 101 Å². The predicted molar refractivity (Wildman–Crippen MR) is 128 cm³/mol. The molecule has 0 aliphatic heterocycles. The fourth-order valence-electron chi connectivity index (χ4n) is 2.87. The van der Waals surface area contributed by atoms with Crippen LogP contribution in [-0.2, 0) is 17.8 Å². The van der Waals surface area contributed by atoms with Crippen molar-refractivity contribution in [2.24, 2.45) is 0 Å². The van der Waals surface area contributed by atoms with E-state index >= 15 is 0 Å². The lowest BCUT2D eigenvalue weighted by Gasteiger charge is -2.14. The molecule has 8 heteroatoms. The van der Waals surface area contributed by atoms with Crippen molar-refractivity contribution in [1.82, 2.24) is 16.2 Å². The van der Waals surface area contributed by atoms with Crippen molar-refractivity contribution in [2.75, 3.05) is 0 Å². The molecule has 6 nitrogen and oxygen atoms in total. The van der Waals surface area contributed by atoms with Crippen molar-refractivity contribution in [3.63, 3.8) is 0 Å². The number of benzene rings is 3. The third-order valence-corrected chi connectivity index (χ3v) is 5.06. The van der Waals surface area contributed by atoms with Gasteiger partial charge in [0.25, 0.3) is 5.91 Å². The molecule has 0 unspecified atom stereocenters. The van der Waals surface area contributed by atoms with Crippen LogP contribution in [0.15, 0.2) is 78.9 Å². The number of hydrogen-bond donors (Lipinski definition) is 3. The molecule has 2 amide bonds. The average molecular weight is 468 g/mol. The molecule has 0 saturated carbocycles. The number of rotatable bonds is 7.